The van der Waals surface area contributed by atoms with Gasteiger partial charge in [-0.1, -0.05) is 0 Å². The summed E-state index contributed by atoms with van der Waals surface area (Å²) in [5.74, 6) is -1.34. The molecule has 0 unspecified atom stereocenters. The smallest absolute Gasteiger partial charge is 0.326 e. The normalized spacial score (nSPS) is 11.3. The zero-order chi connectivity index (χ0) is 24.7. The lowest BCUT2D eigenvalue weighted by Gasteiger charge is -2.16. The summed E-state index contributed by atoms with van der Waals surface area (Å²) < 4.78 is 0. The lowest BCUT2D eigenvalue weighted by Crippen LogP contribution is -2.30. The molecule has 0 aromatic heterocycles. The molecular weight excluding hydrogens is 448 g/mol. The van der Waals surface area contributed by atoms with Crippen LogP contribution in [-0.4, -0.2) is 43.4 Å². The number of hydrogen-bond acceptors (Lipinski definition) is 11. The largest absolute Gasteiger partial charge is 0.480 e. The van der Waals surface area contributed by atoms with Gasteiger partial charge in [-0.2, -0.15) is 0 Å². The fourth-order valence-electron chi connectivity index (χ4n) is 2.82. The van der Waals surface area contributed by atoms with Crippen molar-refractivity contribution in [3.63, 3.8) is 0 Å². The second-order valence-electron chi connectivity index (χ2n) is 6.54. The van der Waals surface area contributed by atoms with Gasteiger partial charge in [0, 0.05) is 18.7 Å². The Labute approximate surface area is 183 Å². The number of rotatable bonds is 12. The quantitative estimate of drug-likeness (QED) is 0.233. The highest BCUT2D eigenvalue weighted by molar-refractivity contribution is 5.79. The van der Waals surface area contributed by atoms with Crippen molar-refractivity contribution in [2.45, 2.75) is 18.9 Å². The Morgan fingerprint density at radius 1 is 0.818 bits per heavy atom. The minimum absolute atomic E-state index is 0.00330. The predicted molar refractivity (Wildman–Crippen MR) is 112 cm³/mol. The topological polar surface area (TPSA) is 234 Å². The van der Waals surface area contributed by atoms with Gasteiger partial charge in [0.2, 0.25) is 0 Å². The van der Waals surface area contributed by atoms with E-state index in [1.807, 2.05) is 0 Å². The number of nitro benzene ring substituents is 4. The van der Waals surface area contributed by atoms with Gasteiger partial charge in [0.25, 0.3) is 22.7 Å². The van der Waals surface area contributed by atoms with Gasteiger partial charge in [0.1, 0.15) is 17.4 Å². The molecule has 33 heavy (non-hydrogen) atoms. The highest BCUT2D eigenvalue weighted by atomic mass is 16.6. The van der Waals surface area contributed by atoms with Gasteiger partial charge < -0.3 is 15.7 Å². The molecule has 2 aromatic rings. The zero-order valence-corrected chi connectivity index (χ0v) is 16.6. The van der Waals surface area contributed by atoms with Crippen molar-refractivity contribution in [2.24, 2.45) is 0 Å². The van der Waals surface area contributed by atoms with Crippen LogP contribution in [0.4, 0.5) is 34.1 Å². The lowest BCUT2D eigenvalue weighted by atomic mass is 10.1. The van der Waals surface area contributed by atoms with Crippen LogP contribution in [0.25, 0.3) is 0 Å². The Kier molecular flexibility index (Phi) is 7.70. The molecule has 2 aromatic carbocycles. The Hall–Kier alpha value is -4.89. The van der Waals surface area contributed by atoms with Crippen LogP contribution in [-0.2, 0) is 4.79 Å². The number of carboxylic acid groups (broad SMARTS) is 1. The summed E-state index contributed by atoms with van der Waals surface area (Å²) in [7, 11) is 0. The summed E-state index contributed by atoms with van der Waals surface area (Å²) in [6, 6.07) is 4.44. The minimum atomic E-state index is -1.34. The summed E-state index contributed by atoms with van der Waals surface area (Å²) in [6.07, 6.45) is 0.0656. The third kappa shape index (κ3) is 6.29. The number of anilines is 2. The van der Waals surface area contributed by atoms with Gasteiger partial charge in [-0.05, 0) is 25.0 Å². The number of nitro groups is 4. The van der Waals surface area contributed by atoms with Crippen molar-refractivity contribution in [3.05, 3.63) is 76.9 Å². The molecule has 0 amide bonds. The monoisotopic (exact) mass is 464 g/mol. The molecule has 3 N–H and O–H groups in total. The Morgan fingerprint density at radius 3 is 1.76 bits per heavy atom. The molecule has 0 heterocycles. The number of benzene rings is 2. The van der Waals surface area contributed by atoms with Crippen LogP contribution in [0.3, 0.4) is 0 Å². The van der Waals surface area contributed by atoms with Gasteiger partial charge in [0.15, 0.2) is 0 Å². The van der Waals surface area contributed by atoms with Gasteiger partial charge in [-0.3, -0.25) is 40.5 Å². The number of carbonyl (C=O) groups is 1. The van der Waals surface area contributed by atoms with Crippen molar-refractivity contribution in [3.8, 4) is 0 Å². The molecule has 1 atom stereocenters. The maximum absolute atomic E-state index is 11.6. The van der Waals surface area contributed by atoms with Crippen LogP contribution in [0.5, 0.6) is 0 Å². The number of aliphatic carboxylic acids is 1. The van der Waals surface area contributed by atoms with E-state index >= 15 is 0 Å². The third-order valence-electron chi connectivity index (χ3n) is 4.39. The highest BCUT2D eigenvalue weighted by Crippen LogP contribution is 2.31. The second-order valence-corrected chi connectivity index (χ2v) is 6.54. The number of carboxylic acids is 1. The van der Waals surface area contributed by atoms with E-state index in [0.717, 1.165) is 30.3 Å². The number of hydrogen-bond donors (Lipinski definition) is 3. The zero-order valence-electron chi connectivity index (χ0n) is 16.6. The van der Waals surface area contributed by atoms with E-state index in [2.05, 4.69) is 10.6 Å². The van der Waals surface area contributed by atoms with E-state index < -0.39 is 54.5 Å². The van der Waals surface area contributed by atoms with Crippen molar-refractivity contribution in [1.29, 1.82) is 0 Å². The van der Waals surface area contributed by atoms with Crippen LogP contribution >= 0.6 is 0 Å². The summed E-state index contributed by atoms with van der Waals surface area (Å²) >= 11 is 0. The third-order valence-corrected chi connectivity index (χ3v) is 4.39. The average Bonchev–Trinajstić information content (AvgIpc) is 2.75. The summed E-state index contributed by atoms with van der Waals surface area (Å²) in [5, 5.41) is 58.5. The van der Waals surface area contributed by atoms with E-state index in [1.165, 1.54) is 0 Å². The SMILES string of the molecule is O=C(O)[C@@H](CCCNc1ccc([N+](=O)[O-])cc1[N+](=O)[O-])Nc1ccc([N+](=O)[O-])cc1[N+](=O)[O-]. The Bertz CT molecular complexity index is 1120. The summed E-state index contributed by atoms with van der Waals surface area (Å²) in [6.45, 7) is 0.0481. The fraction of sp³-hybridized carbons (Fsp3) is 0.235. The van der Waals surface area contributed by atoms with Gasteiger partial charge in [-0.15, -0.1) is 0 Å². The van der Waals surface area contributed by atoms with Crippen LogP contribution < -0.4 is 10.6 Å². The van der Waals surface area contributed by atoms with E-state index in [9.17, 15) is 50.4 Å². The molecule has 16 heteroatoms. The predicted octanol–water partition coefficient (Wildman–Crippen LogP) is 3.08. The molecule has 0 aliphatic carbocycles. The van der Waals surface area contributed by atoms with Gasteiger partial charge in [0.05, 0.1) is 31.8 Å². The van der Waals surface area contributed by atoms with Crippen molar-refractivity contribution < 1.29 is 29.6 Å². The first-order chi connectivity index (χ1) is 15.5. The van der Waals surface area contributed by atoms with Gasteiger partial charge in [-0.25, -0.2) is 4.79 Å². The number of nitrogens with one attached hydrogen (secondary N) is 2. The molecule has 2 rings (SSSR count). The standard InChI is InChI=1S/C17H16N6O10/c24-17(25)14(19-13-6-4-11(21(28)29)9-16(13)23(32)33)2-1-7-18-12-5-3-10(20(26)27)8-15(12)22(30)31/h3-6,8-9,14,18-19H,1-2,7H2,(H,24,25)/t14-/m1/s1. The molecule has 0 aliphatic rings. The van der Waals surface area contributed by atoms with Crippen molar-refractivity contribution in [2.75, 3.05) is 17.2 Å². The molecule has 0 bridgehead atoms. The summed E-state index contributed by atoms with van der Waals surface area (Å²) in [5.41, 5.74) is -2.43. The van der Waals surface area contributed by atoms with Crippen LogP contribution in [0.2, 0.25) is 0 Å². The van der Waals surface area contributed by atoms with Crippen molar-refractivity contribution in [1.82, 2.24) is 0 Å². The summed E-state index contributed by atoms with van der Waals surface area (Å²) in [4.78, 5) is 52.2. The highest BCUT2D eigenvalue weighted by Gasteiger charge is 2.25. The first-order valence-electron chi connectivity index (χ1n) is 9.10. The first-order valence-corrected chi connectivity index (χ1v) is 9.10. The maximum atomic E-state index is 11.6. The molecule has 16 nitrogen and oxygen atoms in total. The molecule has 0 saturated carbocycles. The van der Waals surface area contributed by atoms with E-state index in [4.69, 9.17) is 0 Å². The molecular formula is C17H16N6O10. The average molecular weight is 464 g/mol. The van der Waals surface area contributed by atoms with Crippen molar-refractivity contribution >= 4 is 40.1 Å². The molecule has 0 radical (unpaired) electrons. The molecule has 174 valence electrons. The van der Waals surface area contributed by atoms with E-state index in [0.29, 0.717) is 6.07 Å². The molecule has 0 aliphatic heterocycles. The first kappa shape index (κ1) is 24.4. The second kappa shape index (κ2) is 10.4. The molecule has 0 fully saturated rings. The fourth-order valence-corrected chi connectivity index (χ4v) is 2.82. The number of nitrogens with zero attached hydrogens (tertiary/aromatic N) is 4. The van der Waals surface area contributed by atoms with E-state index in [-0.39, 0.29) is 30.8 Å². The Morgan fingerprint density at radius 2 is 1.30 bits per heavy atom. The van der Waals surface area contributed by atoms with Crippen LogP contribution in [0.1, 0.15) is 12.8 Å². The van der Waals surface area contributed by atoms with Crippen LogP contribution in [0, 0.1) is 40.5 Å². The minimum Gasteiger partial charge on any atom is -0.480 e. The van der Waals surface area contributed by atoms with Gasteiger partial charge >= 0.3 is 5.97 Å². The maximum Gasteiger partial charge on any atom is 0.326 e. The van der Waals surface area contributed by atoms with Crippen LogP contribution in [0.15, 0.2) is 36.4 Å². The number of non-ortho nitro benzene ring substituents is 2. The molecule has 0 spiro atoms. The lowest BCUT2D eigenvalue weighted by molar-refractivity contribution is -0.393. The Balaban J connectivity index is 2.07. The molecule has 0 saturated heterocycles. The van der Waals surface area contributed by atoms with E-state index in [1.54, 1.807) is 0 Å².